The molecule has 3 aromatic carbocycles. The van der Waals surface area contributed by atoms with Crippen molar-refractivity contribution in [2.45, 2.75) is 46.3 Å². The van der Waals surface area contributed by atoms with E-state index in [4.69, 9.17) is 30.2 Å². The van der Waals surface area contributed by atoms with Crippen LogP contribution in [0.5, 0.6) is 23.0 Å². The van der Waals surface area contributed by atoms with Crippen LogP contribution in [0.4, 0.5) is 13.2 Å². The second-order valence-corrected chi connectivity index (χ2v) is 10.3. The van der Waals surface area contributed by atoms with Gasteiger partial charge in [-0.05, 0) is 93.0 Å². The maximum absolute atomic E-state index is 14.4. The topological polar surface area (TPSA) is 78.2 Å². The van der Waals surface area contributed by atoms with E-state index in [1.54, 1.807) is 19.1 Å². The lowest BCUT2D eigenvalue weighted by Crippen LogP contribution is -2.26. The number of hydrogen-bond acceptors (Lipinski definition) is 7. The van der Waals surface area contributed by atoms with Crippen molar-refractivity contribution in [3.8, 4) is 23.0 Å². The summed E-state index contributed by atoms with van der Waals surface area (Å²) in [5.74, 6) is -2.85. The maximum atomic E-state index is 14.4. The smallest absolute Gasteiger partial charge is 0.453 e. The highest BCUT2D eigenvalue weighted by Crippen LogP contribution is 2.41. The molecular weight excluding hydrogens is 587 g/mol. The number of ether oxygens (including phenoxy) is 3. The van der Waals surface area contributed by atoms with Crippen molar-refractivity contribution < 1.29 is 36.6 Å². The van der Waals surface area contributed by atoms with Gasteiger partial charge in [-0.2, -0.15) is 13.2 Å². The zero-order valence-corrected chi connectivity index (χ0v) is 24.9. The van der Waals surface area contributed by atoms with Gasteiger partial charge in [0.15, 0.2) is 0 Å². The van der Waals surface area contributed by atoms with Crippen molar-refractivity contribution in [1.82, 2.24) is 4.90 Å². The lowest BCUT2D eigenvalue weighted by Gasteiger charge is -2.23. The summed E-state index contributed by atoms with van der Waals surface area (Å²) < 4.78 is 65.0. The molecule has 43 heavy (non-hydrogen) atoms. The van der Waals surface area contributed by atoms with Crippen molar-refractivity contribution in [1.29, 1.82) is 0 Å². The van der Waals surface area contributed by atoms with Crippen LogP contribution in [0.1, 0.15) is 53.9 Å². The first-order valence-electron chi connectivity index (χ1n) is 13.7. The van der Waals surface area contributed by atoms with E-state index in [1.807, 2.05) is 18.7 Å². The van der Waals surface area contributed by atoms with Gasteiger partial charge in [-0.1, -0.05) is 25.4 Å². The molecule has 0 aliphatic heterocycles. The molecular formula is C32H31ClF3NO6. The summed E-state index contributed by atoms with van der Waals surface area (Å²) in [5.41, 5.74) is -0.472. The zero-order chi connectivity index (χ0) is 31.3. The van der Waals surface area contributed by atoms with Crippen LogP contribution in [-0.2, 0) is 12.7 Å². The van der Waals surface area contributed by atoms with E-state index >= 15 is 0 Å². The molecule has 0 bridgehead atoms. The largest absolute Gasteiger partial charge is 0.497 e. The van der Waals surface area contributed by atoms with E-state index in [1.165, 1.54) is 49.6 Å². The third-order valence-electron chi connectivity index (χ3n) is 6.68. The first-order valence-corrected chi connectivity index (χ1v) is 14.1. The van der Waals surface area contributed by atoms with Crippen LogP contribution in [0, 0.1) is 6.92 Å². The minimum absolute atomic E-state index is 0.0126. The Morgan fingerprint density at radius 1 is 0.977 bits per heavy atom. The van der Waals surface area contributed by atoms with Gasteiger partial charge in [0.05, 0.1) is 23.6 Å². The molecule has 0 amide bonds. The molecule has 0 radical (unpaired) electrons. The predicted octanol–water partition coefficient (Wildman–Crippen LogP) is 8.42. The van der Waals surface area contributed by atoms with E-state index in [9.17, 15) is 22.8 Å². The molecule has 0 saturated heterocycles. The van der Waals surface area contributed by atoms with Crippen LogP contribution in [0.2, 0.25) is 5.02 Å². The highest BCUT2D eigenvalue weighted by Gasteiger charge is 2.41. The van der Waals surface area contributed by atoms with Crippen molar-refractivity contribution in [3.63, 3.8) is 0 Å². The standard InChI is InChI=1S/C32H31ClF3NO6/c1-5-15-37(16-6-2)18-24-26(42-31(39)20-7-9-21(40-4)10-8-20)14-12-23-27(38)29(30(32(34,35)36)43-28(23)24)41-22-11-13-25(33)19(3)17-22/h7-14,17H,5-6,15-16,18H2,1-4H3. The summed E-state index contributed by atoms with van der Waals surface area (Å²) in [6.07, 6.45) is -3.55. The van der Waals surface area contributed by atoms with Crippen molar-refractivity contribution >= 4 is 28.5 Å². The van der Waals surface area contributed by atoms with Crippen LogP contribution in [0.25, 0.3) is 11.0 Å². The van der Waals surface area contributed by atoms with Gasteiger partial charge in [0, 0.05) is 11.6 Å². The molecule has 0 spiro atoms. The minimum atomic E-state index is -5.08. The lowest BCUT2D eigenvalue weighted by molar-refractivity contribution is -0.154. The predicted molar refractivity (Wildman–Crippen MR) is 158 cm³/mol. The van der Waals surface area contributed by atoms with Gasteiger partial charge in [0.1, 0.15) is 22.8 Å². The van der Waals surface area contributed by atoms with Crippen molar-refractivity contribution in [2.75, 3.05) is 20.2 Å². The molecule has 1 aromatic heterocycles. The molecule has 0 saturated carbocycles. The fourth-order valence-corrected chi connectivity index (χ4v) is 4.73. The fraction of sp³-hybridized carbons (Fsp3) is 0.312. The van der Waals surface area contributed by atoms with Gasteiger partial charge in [0.25, 0.3) is 5.76 Å². The molecule has 0 aliphatic carbocycles. The van der Waals surface area contributed by atoms with Crippen LogP contribution in [0.15, 0.2) is 63.8 Å². The van der Waals surface area contributed by atoms with Crippen LogP contribution < -0.4 is 19.6 Å². The molecule has 0 aliphatic rings. The number of carbonyl (C=O) groups is 1. The van der Waals surface area contributed by atoms with Gasteiger partial charge in [-0.25, -0.2) is 4.79 Å². The lowest BCUT2D eigenvalue weighted by atomic mass is 10.1. The number of rotatable bonds is 11. The zero-order valence-electron chi connectivity index (χ0n) is 24.1. The quantitative estimate of drug-likeness (QED) is 0.123. The molecule has 0 atom stereocenters. The highest BCUT2D eigenvalue weighted by molar-refractivity contribution is 6.31. The second kappa shape index (κ2) is 13.5. The van der Waals surface area contributed by atoms with Crippen LogP contribution in [-0.4, -0.2) is 31.1 Å². The third kappa shape index (κ3) is 7.32. The normalized spacial score (nSPS) is 11.7. The Labute approximate surface area is 251 Å². The Bertz CT molecular complexity index is 1660. The Morgan fingerprint density at radius 2 is 1.63 bits per heavy atom. The number of hydrogen-bond donors (Lipinski definition) is 0. The van der Waals surface area contributed by atoms with E-state index in [0.29, 0.717) is 29.4 Å². The molecule has 4 aromatic rings. The van der Waals surface area contributed by atoms with E-state index < -0.39 is 29.1 Å². The number of carbonyl (C=O) groups excluding carboxylic acids is 1. The average molecular weight is 618 g/mol. The molecule has 1 heterocycles. The summed E-state index contributed by atoms with van der Waals surface area (Å²) in [7, 11) is 1.49. The average Bonchev–Trinajstić information content (AvgIpc) is 2.97. The van der Waals surface area contributed by atoms with Gasteiger partial charge >= 0.3 is 12.1 Å². The van der Waals surface area contributed by atoms with Crippen LogP contribution in [0.3, 0.4) is 0 Å². The summed E-state index contributed by atoms with van der Waals surface area (Å²) >= 11 is 6.04. The molecule has 11 heteroatoms. The SMILES string of the molecule is CCCN(CCC)Cc1c(OC(=O)c2ccc(OC)cc2)ccc2c(=O)c(Oc3ccc(Cl)c(C)c3)c(C(F)(F)F)oc12. The number of esters is 1. The number of fused-ring (bicyclic) bond motifs is 1. The Kier molecular flexibility index (Phi) is 10.0. The Hall–Kier alpha value is -4.02. The summed E-state index contributed by atoms with van der Waals surface area (Å²) in [6.45, 7) is 6.90. The fourth-order valence-electron chi connectivity index (χ4n) is 4.61. The molecule has 7 nitrogen and oxygen atoms in total. The Morgan fingerprint density at radius 3 is 2.21 bits per heavy atom. The number of halogens is 4. The summed E-state index contributed by atoms with van der Waals surface area (Å²) in [6, 6.07) is 13.1. The summed E-state index contributed by atoms with van der Waals surface area (Å²) in [4.78, 5) is 28.7. The monoisotopic (exact) mass is 617 g/mol. The molecule has 0 fully saturated rings. The number of nitrogens with zero attached hydrogens (tertiary/aromatic N) is 1. The molecule has 4 rings (SSSR count). The number of aryl methyl sites for hydroxylation is 1. The van der Waals surface area contributed by atoms with Crippen LogP contribution >= 0.6 is 11.6 Å². The Balaban J connectivity index is 1.90. The van der Waals surface area contributed by atoms with Gasteiger partial charge < -0.3 is 18.6 Å². The minimum Gasteiger partial charge on any atom is -0.497 e. The first kappa shape index (κ1) is 31.9. The second-order valence-electron chi connectivity index (χ2n) is 9.91. The van der Waals surface area contributed by atoms with E-state index in [0.717, 1.165) is 12.8 Å². The number of alkyl halides is 3. The summed E-state index contributed by atoms with van der Waals surface area (Å²) in [5, 5.41) is 0.236. The number of benzene rings is 3. The molecule has 0 N–H and O–H groups in total. The van der Waals surface area contributed by atoms with E-state index in [2.05, 4.69) is 0 Å². The van der Waals surface area contributed by atoms with Gasteiger partial charge in [0.2, 0.25) is 11.2 Å². The van der Waals surface area contributed by atoms with Gasteiger partial charge in [-0.3, -0.25) is 9.69 Å². The third-order valence-corrected chi connectivity index (χ3v) is 7.10. The maximum Gasteiger partial charge on any atom is 0.453 e. The van der Waals surface area contributed by atoms with Gasteiger partial charge in [-0.15, -0.1) is 0 Å². The van der Waals surface area contributed by atoms with Crippen molar-refractivity contribution in [2.24, 2.45) is 0 Å². The number of methoxy groups -OCH3 is 1. The molecule has 228 valence electrons. The molecule has 0 unspecified atom stereocenters. The highest BCUT2D eigenvalue weighted by atomic mass is 35.5. The van der Waals surface area contributed by atoms with E-state index in [-0.39, 0.29) is 40.1 Å². The van der Waals surface area contributed by atoms with Crippen molar-refractivity contribution in [3.05, 3.63) is 92.3 Å². The first-order chi connectivity index (χ1) is 20.5.